The van der Waals surface area contributed by atoms with Crippen molar-refractivity contribution in [3.05, 3.63) is 77.3 Å². The molecule has 5 heteroatoms. The number of rotatable bonds is 12. The van der Waals surface area contributed by atoms with Crippen molar-refractivity contribution >= 4 is 72.6 Å². The lowest BCUT2D eigenvalue weighted by Crippen LogP contribution is -2.06. The van der Waals surface area contributed by atoms with Gasteiger partial charge < -0.3 is 9.30 Å². The van der Waals surface area contributed by atoms with Crippen LogP contribution in [0.25, 0.3) is 54.7 Å². The Morgan fingerprint density at radius 2 is 1.50 bits per heavy atom. The predicted molar refractivity (Wildman–Crippen MR) is 187 cm³/mol. The summed E-state index contributed by atoms with van der Waals surface area (Å²) in [6.45, 7) is 6.17. The van der Waals surface area contributed by atoms with Gasteiger partial charge in [0.25, 0.3) is 0 Å². The van der Waals surface area contributed by atoms with Gasteiger partial charge in [0, 0.05) is 21.8 Å². The number of ether oxygens (including phenoxy) is 1. The monoisotopic (exact) mass is 618 g/mol. The maximum absolute atomic E-state index is 6.59. The first-order chi connectivity index (χ1) is 20.6. The molecule has 0 saturated heterocycles. The van der Waals surface area contributed by atoms with Crippen molar-refractivity contribution in [2.75, 3.05) is 6.61 Å². The molecule has 0 saturated carbocycles. The molecule has 3 nitrogen and oxygen atoms in total. The molecular weight excluding hydrogens is 579 g/mol. The topological polar surface area (TPSA) is 27.1 Å². The smallest absolute Gasteiger partial charge is 0.145 e. The van der Waals surface area contributed by atoms with Crippen LogP contribution in [0.15, 0.2) is 77.3 Å². The fourth-order valence-electron chi connectivity index (χ4n) is 6.37. The minimum Gasteiger partial charge on any atom is -0.493 e. The first-order valence-corrected chi connectivity index (χ1v) is 16.6. The number of benzene rings is 5. The van der Waals surface area contributed by atoms with Crippen molar-refractivity contribution in [2.45, 2.75) is 71.8 Å². The molecule has 0 unspecified atom stereocenters. The second kappa shape index (κ2) is 12.9. The summed E-state index contributed by atoms with van der Waals surface area (Å²) in [4.78, 5) is 5.56. The van der Waals surface area contributed by atoms with Crippen molar-refractivity contribution in [3.8, 4) is 17.1 Å². The second-order valence-corrected chi connectivity index (χ2v) is 12.6. The van der Waals surface area contributed by atoms with Gasteiger partial charge in [0.05, 0.1) is 23.2 Å². The van der Waals surface area contributed by atoms with Crippen LogP contribution in [0.4, 0.5) is 0 Å². The molecule has 0 fully saturated rings. The van der Waals surface area contributed by atoms with Gasteiger partial charge in [-0.3, -0.25) is 0 Å². The molecule has 214 valence electrons. The molecule has 6 aromatic rings. The van der Waals surface area contributed by atoms with E-state index in [0.717, 1.165) is 53.1 Å². The van der Waals surface area contributed by atoms with Crippen molar-refractivity contribution in [1.82, 2.24) is 9.55 Å². The Balaban J connectivity index is 1.65. The quantitative estimate of drug-likeness (QED) is 0.0775. The van der Waals surface area contributed by atoms with E-state index >= 15 is 0 Å². The molecule has 0 N–H and O–H groups in total. The lowest BCUT2D eigenvalue weighted by Gasteiger charge is -2.17. The number of fused-ring (bicyclic) bond motifs is 7. The molecule has 0 aliphatic heterocycles. The van der Waals surface area contributed by atoms with E-state index in [0.29, 0.717) is 0 Å². The van der Waals surface area contributed by atoms with Crippen LogP contribution < -0.4 is 10.2 Å². The molecule has 0 amide bonds. The van der Waals surface area contributed by atoms with E-state index in [4.69, 9.17) is 9.72 Å². The maximum Gasteiger partial charge on any atom is 0.145 e. The number of imidazole rings is 1. The highest BCUT2D eigenvalue weighted by atomic mass is 79.9. The lowest BCUT2D eigenvalue weighted by molar-refractivity contribution is 0.306. The Hall–Kier alpha value is -3.31. The number of aromatic nitrogens is 2. The normalized spacial score (nSPS) is 11.8. The Labute approximate surface area is 258 Å². The Bertz CT molecular complexity index is 1880. The van der Waals surface area contributed by atoms with E-state index in [1.807, 2.05) is 0 Å². The zero-order valence-corrected chi connectivity index (χ0v) is 26.8. The van der Waals surface area contributed by atoms with Crippen molar-refractivity contribution in [2.24, 2.45) is 0 Å². The highest BCUT2D eigenvalue weighted by molar-refractivity contribution is 9.10. The van der Waals surface area contributed by atoms with Crippen LogP contribution in [0.3, 0.4) is 0 Å². The van der Waals surface area contributed by atoms with E-state index < -0.39 is 0 Å². The summed E-state index contributed by atoms with van der Waals surface area (Å²) < 4.78 is 10.2. The number of aryl methyl sites for hydroxylation is 1. The fourth-order valence-corrected chi connectivity index (χ4v) is 6.73. The van der Waals surface area contributed by atoms with Gasteiger partial charge in [0.15, 0.2) is 0 Å². The fraction of sp³-hybridized carbons (Fsp3) is 0.324. The van der Waals surface area contributed by atoms with E-state index in [1.54, 1.807) is 0 Å². The molecule has 0 radical (unpaired) electrons. The van der Waals surface area contributed by atoms with Gasteiger partial charge >= 0.3 is 0 Å². The van der Waals surface area contributed by atoms with Crippen molar-refractivity contribution in [1.29, 1.82) is 0 Å². The Morgan fingerprint density at radius 3 is 2.33 bits per heavy atom. The third kappa shape index (κ3) is 5.56. The van der Waals surface area contributed by atoms with Crippen molar-refractivity contribution in [3.63, 3.8) is 0 Å². The van der Waals surface area contributed by atoms with E-state index in [1.165, 1.54) is 81.8 Å². The summed E-state index contributed by atoms with van der Waals surface area (Å²) in [5.41, 5.74) is 4.67. The Morgan fingerprint density at radius 1 is 0.738 bits per heavy atom. The van der Waals surface area contributed by atoms with Gasteiger partial charge in [-0.05, 0) is 52.6 Å². The molecule has 5 aromatic carbocycles. The standard InChI is InChI=1S/C37H40BBrN2O/c1-3-5-7-11-21-41-36-32-23-26(38)16-18-30(32)29-19-17-27(39)24-31(29)35(36)40-37(41)34-28-14-10-9-13-25(28)15-20-33(34)42-22-12-8-6-4-2/h9-10,13-20,23-24H,3-8,11-12,21-22,38H2,1-2H3. The summed E-state index contributed by atoms with van der Waals surface area (Å²) in [5.74, 6) is 1.94. The van der Waals surface area contributed by atoms with E-state index in [2.05, 4.69) is 115 Å². The summed E-state index contributed by atoms with van der Waals surface area (Å²) in [7, 11) is 2.19. The zero-order valence-electron chi connectivity index (χ0n) is 25.2. The van der Waals surface area contributed by atoms with Crippen LogP contribution >= 0.6 is 15.9 Å². The Kier molecular flexibility index (Phi) is 8.85. The number of nitrogens with zero attached hydrogens (tertiary/aromatic N) is 2. The molecule has 0 atom stereocenters. The predicted octanol–water partition coefficient (Wildman–Crippen LogP) is 9.72. The lowest BCUT2D eigenvalue weighted by atomic mass is 9.91. The van der Waals surface area contributed by atoms with Crippen LogP contribution in [-0.4, -0.2) is 24.0 Å². The molecule has 6 rings (SSSR count). The SMILES string of the molecule is Bc1ccc2c3ccc(Br)cc3c3nc(-c4c(OCCCCCC)ccc5ccccc45)n(CCCCCC)c3c2c1. The molecule has 1 heterocycles. The third-order valence-corrected chi connectivity index (χ3v) is 9.02. The zero-order chi connectivity index (χ0) is 29.1. The molecule has 1 aromatic heterocycles. The first-order valence-electron chi connectivity index (χ1n) is 15.8. The summed E-state index contributed by atoms with van der Waals surface area (Å²) in [6.07, 6.45) is 9.53. The molecule has 0 spiro atoms. The molecular formula is C37H40BBrN2O. The summed E-state index contributed by atoms with van der Waals surface area (Å²) in [6, 6.07) is 26.5. The van der Waals surface area contributed by atoms with Crippen LogP contribution in [0.5, 0.6) is 5.75 Å². The first kappa shape index (κ1) is 28.8. The van der Waals surface area contributed by atoms with Crippen LogP contribution in [0, 0.1) is 0 Å². The number of unbranched alkanes of at least 4 members (excludes halogenated alkanes) is 6. The molecule has 0 aliphatic rings. The minimum atomic E-state index is 0.722. The van der Waals surface area contributed by atoms with Gasteiger partial charge in [0.2, 0.25) is 0 Å². The minimum absolute atomic E-state index is 0.722. The van der Waals surface area contributed by atoms with Gasteiger partial charge in [-0.2, -0.15) is 0 Å². The highest BCUT2D eigenvalue weighted by Gasteiger charge is 2.23. The average Bonchev–Trinajstić information content (AvgIpc) is 3.38. The summed E-state index contributed by atoms with van der Waals surface area (Å²) >= 11 is 3.76. The van der Waals surface area contributed by atoms with Gasteiger partial charge in [-0.15, -0.1) is 0 Å². The number of halogens is 1. The maximum atomic E-state index is 6.59. The van der Waals surface area contributed by atoms with Gasteiger partial charge in [-0.1, -0.05) is 128 Å². The van der Waals surface area contributed by atoms with Crippen LogP contribution in [-0.2, 0) is 6.54 Å². The molecule has 0 aliphatic carbocycles. The van der Waals surface area contributed by atoms with Crippen LogP contribution in [0.2, 0.25) is 0 Å². The van der Waals surface area contributed by atoms with Gasteiger partial charge in [0.1, 0.15) is 19.4 Å². The second-order valence-electron chi connectivity index (χ2n) is 11.7. The molecule has 0 bridgehead atoms. The summed E-state index contributed by atoms with van der Waals surface area (Å²) in [5, 5.41) is 7.39. The molecule has 42 heavy (non-hydrogen) atoms. The number of hydrogen-bond donors (Lipinski definition) is 0. The van der Waals surface area contributed by atoms with E-state index in [-0.39, 0.29) is 0 Å². The highest BCUT2D eigenvalue weighted by Crippen LogP contribution is 2.42. The number of hydrogen-bond acceptors (Lipinski definition) is 2. The van der Waals surface area contributed by atoms with E-state index in [9.17, 15) is 0 Å². The average molecular weight is 619 g/mol. The van der Waals surface area contributed by atoms with Crippen LogP contribution in [0.1, 0.15) is 65.2 Å². The largest absolute Gasteiger partial charge is 0.493 e. The van der Waals surface area contributed by atoms with Crippen molar-refractivity contribution < 1.29 is 4.74 Å². The van der Waals surface area contributed by atoms with Gasteiger partial charge in [-0.25, -0.2) is 4.98 Å². The third-order valence-electron chi connectivity index (χ3n) is 8.53.